The van der Waals surface area contributed by atoms with Crippen LogP contribution in [0.4, 0.5) is 14.5 Å². The van der Waals surface area contributed by atoms with Gasteiger partial charge in [-0.25, -0.2) is 8.78 Å². The van der Waals surface area contributed by atoms with Crippen LogP contribution in [0.1, 0.15) is 20.8 Å². The molecular weight excluding hydrogens is 302 g/mol. The first kappa shape index (κ1) is 13.7. The topological polar surface area (TPSA) is 15.3 Å². The van der Waals surface area contributed by atoms with Crippen molar-refractivity contribution in [1.29, 1.82) is 0 Å². The van der Waals surface area contributed by atoms with Gasteiger partial charge in [0.2, 0.25) is 0 Å². The molecule has 0 amide bonds. The Morgan fingerprint density at radius 1 is 1.33 bits per heavy atom. The third-order valence-electron chi connectivity index (χ3n) is 3.27. The van der Waals surface area contributed by atoms with Gasteiger partial charge in [0.1, 0.15) is 11.6 Å². The highest BCUT2D eigenvalue weighted by Crippen LogP contribution is 2.30. The second-order valence-electron chi connectivity index (χ2n) is 5.46. The quantitative estimate of drug-likeness (QED) is 0.799. The Bertz CT molecular complexity index is 463. The van der Waals surface area contributed by atoms with Crippen molar-refractivity contribution in [3.8, 4) is 0 Å². The van der Waals surface area contributed by atoms with Gasteiger partial charge in [-0.05, 0) is 42.8 Å². The molecule has 1 aliphatic heterocycles. The lowest BCUT2D eigenvalue weighted by molar-refractivity contribution is 0.316. The molecule has 1 aromatic rings. The molecule has 0 spiro atoms. The number of piperazine rings is 1. The van der Waals surface area contributed by atoms with Crippen LogP contribution >= 0.6 is 15.9 Å². The van der Waals surface area contributed by atoms with E-state index in [1.807, 2.05) is 11.8 Å². The molecule has 1 heterocycles. The first-order chi connectivity index (χ1) is 8.30. The van der Waals surface area contributed by atoms with Crippen molar-refractivity contribution in [2.45, 2.75) is 32.4 Å². The molecule has 0 saturated carbocycles. The predicted octanol–water partition coefficient (Wildman–Crippen LogP) is 3.30. The molecule has 0 bridgehead atoms. The van der Waals surface area contributed by atoms with Crippen molar-refractivity contribution in [2.24, 2.45) is 0 Å². The summed E-state index contributed by atoms with van der Waals surface area (Å²) in [5.74, 6) is -1.08. The summed E-state index contributed by atoms with van der Waals surface area (Å²) in [5, 5.41) is 3.40. The van der Waals surface area contributed by atoms with Gasteiger partial charge in [0, 0.05) is 30.7 Å². The number of nitrogens with one attached hydrogen (secondary N) is 1. The Balaban J connectivity index is 2.38. The molecule has 0 aromatic heterocycles. The van der Waals surface area contributed by atoms with Gasteiger partial charge in [-0.2, -0.15) is 0 Å². The fraction of sp³-hybridized carbons (Fsp3) is 0.538. The average molecular weight is 319 g/mol. The molecule has 1 saturated heterocycles. The number of hydrogen-bond donors (Lipinski definition) is 1. The summed E-state index contributed by atoms with van der Waals surface area (Å²) in [6.07, 6.45) is 0. The third-order valence-corrected chi connectivity index (χ3v) is 3.88. The molecule has 5 heteroatoms. The summed E-state index contributed by atoms with van der Waals surface area (Å²) in [5.41, 5.74) is 0.366. The van der Waals surface area contributed by atoms with E-state index >= 15 is 0 Å². The summed E-state index contributed by atoms with van der Waals surface area (Å²) in [7, 11) is 0. The van der Waals surface area contributed by atoms with Gasteiger partial charge in [-0.1, -0.05) is 0 Å². The van der Waals surface area contributed by atoms with Crippen molar-refractivity contribution >= 4 is 21.6 Å². The van der Waals surface area contributed by atoms with Crippen molar-refractivity contribution < 1.29 is 8.78 Å². The van der Waals surface area contributed by atoms with E-state index in [2.05, 4.69) is 35.1 Å². The normalized spacial score (nSPS) is 23.2. The molecule has 2 rings (SSSR count). The van der Waals surface area contributed by atoms with Crippen molar-refractivity contribution in [3.05, 3.63) is 28.2 Å². The monoisotopic (exact) mass is 318 g/mol. The molecule has 1 N–H and O–H groups in total. The first-order valence-electron chi connectivity index (χ1n) is 5.96. The Hall–Kier alpha value is -0.680. The van der Waals surface area contributed by atoms with E-state index in [-0.39, 0.29) is 11.6 Å². The predicted molar refractivity (Wildman–Crippen MR) is 72.9 cm³/mol. The molecule has 1 atom stereocenters. The van der Waals surface area contributed by atoms with Crippen molar-refractivity contribution in [2.75, 3.05) is 18.0 Å². The van der Waals surface area contributed by atoms with E-state index in [4.69, 9.17) is 0 Å². The minimum absolute atomic E-state index is 0.0835. The zero-order chi connectivity index (χ0) is 13.5. The highest BCUT2D eigenvalue weighted by atomic mass is 79.9. The summed E-state index contributed by atoms with van der Waals surface area (Å²) in [4.78, 5) is 1.98. The van der Waals surface area contributed by atoms with Gasteiger partial charge < -0.3 is 10.2 Å². The van der Waals surface area contributed by atoms with Crippen LogP contribution in [0.25, 0.3) is 0 Å². The van der Waals surface area contributed by atoms with E-state index in [9.17, 15) is 8.78 Å². The molecule has 100 valence electrons. The van der Waals surface area contributed by atoms with Crippen molar-refractivity contribution in [3.63, 3.8) is 0 Å². The Morgan fingerprint density at radius 2 is 2.00 bits per heavy atom. The van der Waals surface area contributed by atoms with E-state index in [1.165, 1.54) is 6.07 Å². The number of hydrogen-bond acceptors (Lipinski definition) is 2. The zero-order valence-electron chi connectivity index (χ0n) is 10.7. The Morgan fingerprint density at radius 3 is 2.67 bits per heavy atom. The number of rotatable bonds is 1. The Labute approximate surface area is 114 Å². The molecule has 0 aliphatic carbocycles. The molecular formula is C13H17BrF2N2. The molecule has 2 nitrogen and oxygen atoms in total. The maximum absolute atomic E-state index is 13.9. The van der Waals surface area contributed by atoms with Crippen LogP contribution in [0.15, 0.2) is 16.6 Å². The highest BCUT2D eigenvalue weighted by molar-refractivity contribution is 9.10. The fourth-order valence-electron chi connectivity index (χ4n) is 2.23. The summed E-state index contributed by atoms with van der Waals surface area (Å²) in [6, 6.07) is 2.62. The maximum atomic E-state index is 13.9. The van der Waals surface area contributed by atoms with Gasteiger partial charge in [0.25, 0.3) is 0 Å². The van der Waals surface area contributed by atoms with E-state index in [0.29, 0.717) is 16.7 Å². The van der Waals surface area contributed by atoms with E-state index < -0.39 is 11.6 Å². The molecule has 1 aromatic carbocycles. The first-order valence-corrected chi connectivity index (χ1v) is 6.76. The minimum atomic E-state index is -0.571. The molecule has 18 heavy (non-hydrogen) atoms. The van der Waals surface area contributed by atoms with Gasteiger partial charge in [0.15, 0.2) is 0 Å². The Kier molecular flexibility index (Phi) is 3.65. The van der Waals surface area contributed by atoms with Crippen LogP contribution < -0.4 is 10.2 Å². The lowest BCUT2D eigenvalue weighted by Gasteiger charge is -2.44. The van der Waals surface area contributed by atoms with Crippen LogP contribution in [-0.4, -0.2) is 24.7 Å². The fourth-order valence-corrected chi connectivity index (χ4v) is 2.56. The summed E-state index contributed by atoms with van der Waals surface area (Å²) >= 11 is 3.11. The van der Waals surface area contributed by atoms with E-state index in [1.54, 1.807) is 0 Å². The lowest BCUT2D eigenvalue weighted by atomic mass is 9.98. The number of anilines is 1. The lowest BCUT2D eigenvalue weighted by Crippen LogP contribution is -2.61. The number of benzene rings is 1. The molecule has 1 unspecified atom stereocenters. The SMILES string of the molecule is CC1CNC(C)(C)CN1c1cc(Br)c(F)cc1F. The minimum Gasteiger partial charge on any atom is -0.363 e. The second-order valence-corrected chi connectivity index (χ2v) is 6.31. The highest BCUT2D eigenvalue weighted by Gasteiger charge is 2.31. The van der Waals surface area contributed by atoms with Gasteiger partial charge >= 0.3 is 0 Å². The summed E-state index contributed by atoms with van der Waals surface area (Å²) < 4.78 is 27.5. The smallest absolute Gasteiger partial charge is 0.149 e. The van der Waals surface area contributed by atoms with Crippen LogP contribution in [0.3, 0.4) is 0 Å². The second kappa shape index (κ2) is 4.78. The molecule has 1 fully saturated rings. The summed E-state index contributed by atoms with van der Waals surface area (Å²) in [6.45, 7) is 7.63. The number of halogens is 3. The number of nitrogens with zero attached hydrogens (tertiary/aromatic N) is 1. The van der Waals surface area contributed by atoms with Crippen LogP contribution in [0.2, 0.25) is 0 Å². The maximum Gasteiger partial charge on any atom is 0.149 e. The van der Waals surface area contributed by atoms with Gasteiger partial charge in [-0.3, -0.25) is 0 Å². The largest absolute Gasteiger partial charge is 0.363 e. The van der Waals surface area contributed by atoms with E-state index in [0.717, 1.165) is 12.6 Å². The zero-order valence-corrected chi connectivity index (χ0v) is 12.3. The van der Waals surface area contributed by atoms with Gasteiger partial charge in [0.05, 0.1) is 10.2 Å². The van der Waals surface area contributed by atoms with Crippen molar-refractivity contribution in [1.82, 2.24) is 5.32 Å². The standard InChI is InChI=1S/C13H17BrF2N2/c1-8-6-17-13(2,3)7-18(8)12-4-9(14)10(15)5-11(12)16/h4-5,8,17H,6-7H2,1-3H3. The molecule has 0 radical (unpaired) electrons. The van der Waals surface area contributed by atoms with Crippen LogP contribution in [0, 0.1) is 11.6 Å². The van der Waals surface area contributed by atoms with Crippen LogP contribution in [0.5, 0.6) is 0 Å². The third kappa shape index (κ3) is 2.67. The average Bonchev–Trinajstić information content (AvgIpc) is 2.27. The molecule has 1 aliphatic rings. The van der Waals surface area contributed by atoms with Crippen LogP contribution in [-0.2, 0) is 0 Å². The van der Waals surface area contributed by atoms with Gasteiger partial charge in [-0.15, -0.1) is 0 Å².